The normalized spacial score (nSPS) is 14.4. The molecule has 0 atom stereocenters. The number of hydrogen-bond donors (Lipinski definition) is 0. The van der Waals surface area contributed by atoms with E-state index >= 15 is 0 Å². The van der Waals surface area contributed by atoms with Crippen LogP contribution in [0.4, 0.5) is 5.69 Å². The van der Waals surface area contributed by atoms with Gasteiger partial charge in [0.1, 0.15) is 11.4 Å². The summed E-state index contributed by atoms with van der Waals surface area (Å²) in [7, 11) is 0. The first-order valence-electron chi connectivity index (χ1n) is 11.3. The van der Waals surface area contributed by atoms with Crippen molar-refractivity contribution in [3.8, 4) is 0 Å². The molecule has 0 radical (unpaired) electrons. The van der Waals surface area contributed by atoms with Crippen LogP contribution in [0.2, 0.25) is 0 Å². The number of aryl methyl sites for hydroxylation is 1. The van der Waals surface area contributed by atoms with Gasteiger partial charge in [0.05, 0.1) is 11.5 Å². The van der Waals surface area contributed by atoms with Gasteiger partial charge in [-0.15, -0.1) is 0 Å². The maximum atomic E-state index is 12.9. The Morgan fingerprint density at radius 3 is 2.24 bits per heavy atom. The van der Waals surface area contributed by atoms with E-state index in [-0.39, 0.29) is 11.6 Å². The van der Waals surface area contributed by atoms with Crippen LogP contribution in [0.5, 0.6) is 0 Å². The number of nitrogens with zero attached hydrogens (tertiary/aromatic N) is 5. The molecule has 1 aliphatic rings. The van der Waals surface area contributed by atoms with Crippen LogP contribution >= 0.6 is 0 Å². The summed E-state index contributed by atoms with van der Waals surface area (Å²) in [4.78, 5) is 28.1. The maximum Gasteiger partial charge on any atom is 0.312 e. The lowest BCUT2D eigenvalue weighted by molar-refractivity contribution is -0.386. The van der Waals surface area contributed by atoms with Gasteiger partial charge in [-0.05, 0) is 43.5 Å². The van der Waals surface area contributed by atoms with Gasteiger partial charge < -0.3 is 4.90 Å². The Morgan fingerprint density at radius 1 is 0.970 bits per heavy atom. The highest BCUT2D eigenvalue weighted by molar-refractivity contribution is 5.94. The average Bonchev–Trinajstić information content (AvgIpc) is 3.11. The van der Waals surface area contributed by atoms with E-state index in [0.717, 1.165) is 44.7 Å². The van der Waals surface area contributed by atoms with Crippen LogP contribution in [-0.2, 0) is 13.0 Å². The van der Waals surface area contributed by atoms with Gasteiger partial charge >= 0.3 is 5.69 Å². The van der Waals surface area contributed by atoms with Crippen LogP contribution in [0.3, 0.4) is 0 Å². The minimum Gasteiger partial charge on any atom is -0.336 e. The molecule has 0 bridgehead atoms. The summed E-state index contributed by atoms with van der Waals surface area (Å²) >= 11 is 0. The fourth-order valence-electron chi connectivity index (χ4n) is 4.32. The summed E-state index contributed by atoms with van der Waals surface area (Å²) < 4.78 is 1.64. The van der Waals surface area contributed by atoms with Crippen molar-refractivity contribution in [3.63, 3.8) is 0 Å². The van der Waals surface area contributed by atoms with E-state index in [1.54, 1.807) is 18.5 Å². The van der Waals surface area contributed by atoms with Gasteiger partial charge in [0.25, 0.3) is 5.91 Å². The van der Waals surface area contributed by atoms with Gasteiger partial charge in [-0.3, -0.25) is 24.5 Å². The molecule has 8 nitrogen and oxygen atoms in total. The highest BCUT2D eigenvalue weighted by atomic mass is 16.6. The molecular weight excluding hydrogens is 418 g/mol. The molecule has 1 saturated heterocycles. The second kappa shape index (κ2) is 9.95. The first-order valence-corrected chi connectivity index (χ1v) is 11.3. The second-order valence-corrected chi connectivity index (χ2v) is 8.50. The Labute approximate surface area is 193 Å². The zero-order chi connectivity index (χ0) is 23.4. The topological polar surface area (TPSA) is 84.5 Å². The zero-order valence-electron chi connectivity index (χ0n) is 19.1. The number of benzene rings is 2. The summed E-state index contributed by atoms with van der Waals surface area (Å²) in [6.07, 6.45) is 1.02. The van der Waals surface area contributed by atoms with Gasteiger partial charge in [0.2, 0.25) is 0 Å². The number of nitro groups is 1. The highest BCUT2D eigenvalue weighted by Crippen LogP contribution is 2.22. The van der Waals surface area contributed by atoms with E-state index in [1.165, 1.54) is 5.56 Å². The summed E-state index contributed by atoms with van der Waals surface area (Å²) in [5.74, 6) is 0.0472. The fraction of sp³-hybridized carbons (Fsp3) is 0.360. The Hall–Kier alpha value is -3.52. The van der Waals surface area contributed by atoms with Crippen molar-refractivity contribution in [1.29, 1.82) is 0 Å². The molecule has 1 aliphatic heterocycles. The van der Waals surface area contributed by atoms with Crippen molar-refractivity contribution >= 4 is 11.6 Å². The number of hydrogen-bond acceptors (Lipinski definition) is 5. The highest BCUT2D eigenvalue weighted by Gasteiger charge is 2.23. The summed E-state index contributed by atoms with van der Waals surface area (Å²) in [5.41, 5.74) is 3.94. The van der Waals surface area contributed by atoms with Crippen molar-refractivity contribution in [3.05, 3.63) is 92.8 Å². The molecule has 0 saturated carbocycles. The lowest BCUT2D eigenvalue weighted by Gasteiger charge is -2.34. The summed E-state index contributed by atoms with van der Waals surface area (Å²) in [5, 5.41) is 15.5. The number of amides is 1. The predicted molar refractivity (Wildman–Crippen MR) is 126 cm³/mol. The Balaban J connectivity index is 1.31. The van der Waals surface area contributed by atoms with Gasteiger partial charge in [-0.25, -0.2) is 0 Å². The van der Waals surface area contributed by atoms with Gasteiger partial charge in [0.15, 0.2) is 0 Å². The maximum absolute atomic E-state index is 12.9. The quantitative estimate of drug-likeness (QED) is 0.409. The third-order valence-corrected chi connectivity index (χ3v) is 6.28. The number of carbonyl (C=O) groups is 1. The minimum absolute atomic E-state index is 0.0472. The van der Waals surface area contributed by atoms with Crippen LogP contribution in [0, 0.1) is 24.0 Å². The monoisotopic (exact) mass is 447 g/mol. The van der Waals surface area contributed by atoms with Crippen LogP contribution in [0.15, 0.2) is 54.6 Å². The number of carbonyl (C=O) groups excluding carboxylic acids is 1. The van der Waals surface area contributed by atoms with E-state index < -0.39 is 4.92 Å². The number of aromatic nitrogens is 2. The third-order valence-electron chi connectivity index (χ3n) is 6.28. The molecule has 33 heavy (non-hydrogen) atoms. The van der Waals surface area contributed by atoms with Crippen LogP contribution < -0.4 is 0 Å². The van der Waals surface area contributed by atoms with E-state index in [9.17, 15) is 14.9 Å². The van der Waals surface area contributed by atoms with Crippen molar-refractivity contribution in [2.24, 2.45) is 0 Å². The lowest BCUT2D eigenvalue weighted by Crippen LogP contribution is -2.49. The van der Waals surface area contributed by atoms with Crippen molar-refractivity contribution in [1.82, 2.24) is 19.6 Å². The Morgan fingerprint density at radius 2 is 1.64 bits per heavy atom. The number of piperazine rings is 1. The van der Waals surface area contributed by atoms with E-state index in [2.05, 4.69) is 34.3 Å². The standard InChI is InChI=1S/C25H29N5O3/c1-19-24(30(32)33)20(2)29(26-19)18-22-8-10-23(11-9-22)25(31)28-16-14-27(15-17-28)13-12-21-6-4-3-5-7-21/h3-11H,12-18H2,1-2H3. The van der Waals surface area contributed by atoms with Crippen LogP contribution in [0.25, 0.3) is 0 Å². The van der Waals surface area contributed by atoms with E-state index in [0.29, 0.717) is 23.5 Å². The summed E-state index contributed by atoms with van der Waals surface area (Å²) in [6, 6.07) is 17.9. The third kappa shape index (κ3) is 5.28. The molecule has 0 spiro atoms. The SMILES string of the molecule is Cc1nn(Cc2ccc(C(=O)N3CCN(CCc4ccccc4)CC3)cc2)c(C)c1[N+](=O)[O-]. The predicted octanol–water partition coefficient (Wildman–Crippen LogP) is 3.46. The minimum atomic E-state index is -0.392. The fourth-order valence-corrected chi connectivity index (χ4v) is 4.32. The lowest BCUT2D eigenvalue weighted by atomic mass is 10.1. The Kier molecular flexibility index (Phi) is 6.84. The average molecular weight is 448 g/mol. The Bertz CT molecular complexity index is 1120. The molecule has 8 heteroatoms. The molecule has 0 aliphatic carbocycles. The van der Waals surface area contributed by atoms with E-state index in [4.69, 9.17) is 0 Å². The van der Waals surface area contributed by atoms with Gasteiger partial charge in [-0.2, -0.15) is 5.10 Å². The molecule has 3 aromatic rings. The molecule has 4 rings (SSSR count). The molecule has 2 heterocycles. The first-order chi connectivity index (χ1) is 15.9. The number of rotatable bonds is 7. The smallest absolute Gasteiger partial charge is 0.312 e. The molecule has 172 valence electrons. The largest absolute Gasteiger partial charge is 0.336 e. The second-order valence-electron chi connectivity index (χ2n) is 8.50. The first kappa shape index (κ1) is 22.7. The molecule has 0 unspecified atom stereocenters. The van der Waals surface area contributed by atoms with Crippen molar-refractivity contribution in [2.75, 3.05) is 32.7 Å². The van der Waals surface area contributed by atoms with Crippen molar-refractivity contribution < 1.29 is 9.72 Å². The van der Waals surface area contributed by atoms with Crippen LogP contribution in [-0.4, -0.2) is 63.1 Å². The molecule has 0 N–H and O–H groups in total. The summed E-state index contributed by atoms with van der Waals surface area (Å²) in [6.45, 7) is 8.00. The van der Waals surface area contributed by atoms with Crippen LogP contribution in [0.1, 0.15) is 32.9 Å². The van der Waals surface area contributed by atoms with Gasteiger partial charge in [-0.1, -0.05) is 42.5 Å². The zero-order valence-corrected chi connectivity index (χ0v) is 19.1. The van der Waals surface area contributed by atoms with E-state index in [1.807, 2.05) is 35.2 Å². The van der Waals surface area contributed by atoms with Crippen molar-refractivity contribution in [2.45, 2.75) is 26.8 Å². The molecular formula is C25H29N5O3. The van der Waals surface area contributed by atoms with Gasteiger partial charge in [0, 0.05) is 38.3 Å². The molecule has 1 aromatic heterocycles. The molecule has 2 aromatic carbocycles. The molecule has 1 fully saturated rings. The molecule has 1 amide bonds.